The van der Waals surface area contributed by atoms with Crippen LogP contribution in [-0.2, 0) is 4.79 Å². The first-order chi connectivity index (χ1) is 14.9. The summed E-state index contributed by atoms with van der Waals surface area (Å²) in [6.45, 7) is 4.88. The smallest absolute Gasteiger partial charge is 0.252 e. The van der Waals surface area contributed by atoms with Gasteiger partial charge in [0.05, 0.1) is 27.4 Å². The summed E-state index contributed by atoms with van der Waals surface area (Å²) in [4.78, 5) is 25.8. The number of anilines is 1. The van der Waals surface area contributed by atoms with Gasteiger partial charge in [0, 0.05) is 29.8 Å². The fraction of sp³-hybridized carbons (Fsp3) is 0.391. The van der Waals surface area contributed by atoms with Gasteiger partial charge in [-0.25, -0.2) is 0 Å². The molecule has 3 rings (SSSR count). The average molecular weight is 428 g/mol. The minimum atomic E-state index is -0.749. The summed E-state index contributed by atoms with van der Waals surface area (Å²) in [7, 11) is 3.02. The Labute approximate surface area is 181 Å². The second kappa shape index (κ2) is 10.1. The van der Waals surface area contributed by atoms with Crippen molar-refractivity contribution in [2.45, 2.75) is 26.3 Å². The van der Waals surface area contributed by atoms with E-state index in [0.29, 0.717) is 47.5 Å². The SMILES string of the molecule is COc1cc(OC)cc(C(=O)NC(C(=O)Nc2ccc3c(c2)OCCCO3)C(C)C)c1. The lowest BCUT2D eigenvalue weighted by atomic mass is 10.0. The van der Waals surface area contributed by atoms with Crippen molar-refractivity contribution in [1.82, 2.24) is 5.32 Å². The number of rotatable bonds is 7. The predicted octanol–water partition coefficient (Wildman–Crippen LogP) is 3.26. The molecular formula is C23H28N2O6. The van der Waals surface area contributed by atoms with Crippen molar-refractivity contribution in [3.63, 3.8) is 0 Å². The van der Waals surface area contributed by atoms with Gasteiger partial charge in [-0.05, 0) is 30.2 Å². The Morgan fingerprint density at radius 1 is 0.935 bits per heavy atom. The molecule has 1 unspecified atom stereocenters. The number of benzene rings is 2. The van der Waals surface area contributed by atoms with Crippen molar-refractivity contribution in [2.24, 2.45) is 5.92 Å². The largest absolute Gasteiger partial charge is 0.497 e. The molecule has 1 aliphatic rings. The van der Waals surface area contributed by atoms with Crippen LogP contribution in [0.4, 0.5) is 5.69 Å². The Kier molecular flexibility index (Phi) is 7.23. The van der Waals surface area contributed by atoms with E-state index in [1.54, 1.807) is 36.4 Å². The van der Waals surface area contributed by atoms with Crippen LogP contribution in [0.3, 0.4) is 0 Å². The van der Waals surface area contributed by atoms with Crippen LogP contribution in [0.15, 0.2) is 36.4 Å². The lowest BCUT2D eigenvalue weighted by Crippen LogP contribution is -2.47. The van der Waals surface area contributed by atoms with Crippen molar-refractivity contribution in [2.75, 3.05) is 32.8 Å². The highest BCUT2D eigenvalue weighted by atomic mass is 16.5. The monoisotopic (exact) mass is 428 g/mol. The summed E-state index contributed by atoms with van der Waals surface area (Å²) in [5.74, 6) is 1.35. The molecule has 2 amide bonds. The predicted molar refractivity (Wildman–Crippen MR) is 116 cm³/mol. The number of carbonyl (C=O) groups excluding carboxylic acids is 2. The molecule has 8 nitrogen and oxygen atoms in total. The Hall–Kier alpha value is -3.42. The van der Waals surface area contributed by atoms with E-state index in [4.69, 9.17) is 18.9 Å². The standard InChI is InChI=1S/C23H28N2O6/c1-14(2)21(25-22(26)15-10-17(28-3)13-18(11-15)29-4)23(27)24-16-6-7-19-20(12-16)31-9-5-8-30-19/h6-7,10-14,21H,5,8-9H2,1-4H3,(H,24,27)(H,25,26). The molecule has 0 saturated heterocycles. The van der Waals surface area contributed by atoms with Crippen molar-refractivity contribution in [3.05, 3.63) is 42.0 Å². The highest BCUT2D eigenvalue weighted by Gasteiger charge is 2.26. The number of amides is 2. The number of hydrogen-bond acceptors (Lipinski definition) is 6. The third kappa shape index (κ3) is 5.59. The van der Waals surface area contributed by atoms with E-state index in [1.165, 1.54) is 14.2 Å². The maximum Gasteiger partial charge on any atom is 0.252 e. The van der Waals surface area contributed by atoms with Gasteiger partial charge in [-0.1, -0.05) is 13.8 Å². The fourth-order valence-corrected chi connectivity index (χ4v) is 3.16. The molecule has 0 aromatic heterocycles. The number of fused-ring (bicyclic) bond motifs is 1. The van der Waals surface area contributed by atoms with E-state index in [1.807, 2.05) is 13.8 Å². The van der Waals surface area contributed by atoms with Crippen LogP contribution in [0.5, 0.6) is 23.0 Å². The Balaban J connectivity index is 1.74. The first kappa shape index (κ1) is 22.3. The third-order valence-corrected chi connectivity index (χ3v) is 4.86. The highest BCUT2D eigenvalue weighted by Crippen LogP contribution is 2.32. The molecule has 0 spiro atoms. The van der Waals surface area contributed by atoms with Gasteiger partial charge in [0.1, 0.15) is 17.5 Å². The molecule has 0 aliphatic carbocycles. The summed E-state index contributed by atoms with van der Waals surface area (Å²) in [6.07, 6.45) is 0.798. The topological polar surface area (TPSA) is 95.1 Å². The molecule has 0 fully saturated rings. The average Bonchev–Trinajstić information content (AvgIpc) is 3.01. The first-order valence-electron chi connectivity index (χ1n) is 10.2. The summed E-state index contributed by atoms with van der Waals surface area (Å²) in [5.41, 5.74) is 0.905. The van der Waals surface area contributed by atoms with Gasteiger partial charge in [0.2, 0.25) is 5.91 Å². The van der Waals surface area contributed by atoms with Crippen LogP contribution < -0.4 is 29.6 Å². The molecule has 166 valence electrons. The van der Waals surface area contributed by atoms with Gasteiger partial charge < -0.3 is 29.6 Å². The van der Waals surface area contributed by atoms with Crippen molar-refractivity contribution in [3.8, 4) is 23.0 Å². The summed E-state index contributed by atoms with van der Waals surface area (Å²) < 4.78 is 21.7. The molecular weight excluding hydrogens is 400 g/mol. The number of methoxy groups -OCH3 is 2. The first-order valence-corrected chi connectivity index (χ1v) is 10.2. The van der Waals surface area contributed by atoms with Gasteiger partial charge in [-0.3, -0.25) is 9.59 Å². The van der Waals surface area contributed by atoms with Crippen molar-refractivity contribution in [1.29, 1.82) is 0 Å². The van der Waals surface area contributed by atoms with E-state index in [-0.39, 0.29) is 11.8 Å². The van der Waals surface area contributed by atoms with Gasteiger partial charge in [0.15, 0.2) is 11.5 Å². The summed E-state index contributed by atoms with van der Waals surface area (Å²) in [6, 6.07) is 9.35. The molecule has 8 heteroatoms. The van der Waals surface area contributed by atoms with Gasteiger partial charge in [-0.15, -0.1) is 0 Å². The molecule has 1 atom stereocenters. The summed E-state index contributed by atoms with van der Waals surface area (Å²) in [5, 5.41) is 5.67. The number of carbonyl (C=O) groups is 2. The van der Waals surface area contributed by atoms with Crippen molar-refractivity contribution < 1.29 is 28.5 Å². The number of nitrogens with one attached hydrogen (secondary N) is 2. The Morgan fingerprint density at radius 2 is 1.58 bits per heavy atom. The second-order valence-electron chi connectivity index (χ2n) is 7.50. The van der Waals surface area contributed by atoms with Crippen LogP contribution in [0.25, 0.3) is 0 Å². The minimum Gasteiger partial charge on any atom is -0.497 e. The quantitative estimate of drug-likeness (QED) is 0.703. The molecule has 1 heterocycles. The van der Waals surface area contributed by atoms with Crippen LogP contribution in [-0.4, -0.2) is 45.3 Å². The fourth-order valence-electron chi connectivity index (χ4n) is 3.16. The zero-order valence-corrected chi connectivity index (χ0v) is 18.2. The molecule has 0 saturated carbocycles. The summed E-state index contributed by atoms with van der Waals surface area (Å²) >= 11 is 0. The molecule has 2 aromatic rings. The molecule has 2 aromatic carbocycles. The van der Waals surface area contributed by atoms with Crippen LogP contribution in [0.1, 0.15) is 30.6 Å². The highest BCUT2D eigenvalue weighted by molar-refractivity contribution is 6.01. The third-order valence-electron chi connectivity index (χ3n) is 4.86. The maximum absolute atomic E-state index is 13.0. The van der Waals surface area contributed by atoms with Gasteiger partial charge in [0.25, 0.3) is 5.91 Å². The lowest BCUT2D eigenvalue weighted by molar-refractivity contribution is -0.118. The van der Waals surface area contributed by atoms with Crippen LogP contribution in [0.2, 0.25) is 0 Å². The van der Waals surface area contributed by atoms with Crippen molar-refractivity contribution >= 4 is 17.5 Å². The van der Waals surface area contributed by atoms with E-state index in [9.17, 15) is 9.59 Å². The van der Waals surface area contributed by atoms with E-state index in [0.717, 1.165) is 6.42 Å². The minimum absolute atomic E-state index is 0.142. The molecule has 1 aliphatic heterocycles. The molecule has 0 bridgehead atoms. The zero-order valence-electron chi connectivity index (χ0n) is 18.2. The maximum atomic E-state index is 13.0. The molecule has 2 N–H and O–H groups in total. The van der Waals surface area contributed by atoms with Gasteiger partial charge >= 0.3 is 0 Å². The Morgan fingerprint density at radius 3 is 2.19 bits per heavy atom. The second-order valence-corrected chi connectivity index (χ2v) is 7.50. The van der Waals surface area contributed by atoms with E-state index >= 15 is 0 Å². The normalized spacial score (nSPS) is 13.7. The van der Waals surface area contributed by atoms with E-state index in [2.05, 4.69) is 10.6 Å². The van der Waals surface area contributed by atoms with Crippen LogP contribution in [0, 0.1) is 5.92 Å². The molecule has 0 radical (unpaired) electrons. The lowest BCUT2D eigenvalue weighted by Gasteiger charge is -2.22. The molecule has 31 heavy (non-hydrogen) atoms. The number of ether oxygens (including phenoxy) is 4. The zero-order chi connectivity index (χ0) is 22.4. The number of hydrogen-bond donors (Lipinski definition) is 2. The van der Waals surface area contributed by atoms with Crippen LogP contribution >= 0.6 is 0 Å². The van der Waals surface area contributed by atoms with Gasteiger partial charge in [-0.2, -0.15) is 0 Å². The van der Waals surface area contributed by atoms with E-state index < -0.39 is 11.9 Å². The Bertz CT molecular complexity index is 921.